The highest BCUT2D eigenvalue weighted by Gasteiger charge is 2.11. The molecule has 0 atom stereocenters. The summed E-state index contributed by atoms with van der Waals surface area (Å²) in [5.74, 6) is -1.90. The number of ether oxygens (including phenoxy) is 1. The molecular weight excluding hydrogens is 243 g/mol. The molecule has 5 heteroatoms. The molecule has 1 N–H and O–H groups in total. The molecule has 0 aliphatic heterocycles. The fourth-order valence-corrected chi connectivity index (χ4v) is 1.48. The molecule has 0 unspecified atom stereocenters. The smallest absolute Gasteiger partial charge is 0.150 e. The van der Waals surface area contributed by atoms with Gasteiger partial charge in [-0.05, 0) is 24.3 Å². The van der Waals surface area contributed by atoms with Crippen LogP contribution in [0.4, 0.5) is 24.5 Å². The van der Waals surface area contributed by atoms with Gasteiger partial charge in [-0.3, -0.25) is 0 Å². The molecule has 2 rings (SSSR count). The average molecular weight is 253 g/mol. The van der Waals surface area contributed by atoms with Crippen molar-refractivity contribution in [2.75, 3.05) is 12.4 Å². The van der Waals surface area contributed by atoms with Crippen molar-refractivity contribution in [3.05, 3.63) is 53.8 Å². The summed E-state index contributed by atoms with van der Waals surface area (Å²) in [7, 11) is 1.40. The standard InChI is InChI=1S/C13H10F3NO/c1-18-8-5-6-12(11(16)7-8)17-13-9(14)3-2-4-10(13)15/h2-7,17H,1H3. The van der Waals surface area contributed by atoms with E-state index in [1.54, 1.807) is 0 Å². The zero-order chi connectivity index (χ0) is 13.1. The molecule has 0 radical (unpaired) electrons. The summed E-state index contributed by atoms with van der Waals surface area (Å²) in [6.45, 7) is 0. The highest BCUT2D eigenvalue weighted by Crippen LogP contribution is 2.27. The third kappa shape index (κ3) is 2.40. The van der Waals surface area contributed by atoms with Crippen molar-refractivity contribution in [1.29, 1.82) is 0 Å². The molecule has 0 fully saturated rings. The van der Waals surface area contributed by atoms with Crippen molar-refractivity contribution in [3.63, 3.8) is 0 Å². The average Bonchev–Trinajstić information content (AvgIpc) is 2.35. The van der Waals surface area contributed by atoms with E-state index in [-0.39, 0.29) is 11.4 Å². The quantitative estimate of drug-likeness (QED) is 0.896. The van der Waals surface area contributed by atoms with Crippen LogP contribution in [0.15, 0.2) is 36.4 Å². The highest BCUT2D eigenvalue weighted by molar-refractivity contribution is 5.62. The lowest BCUT2D eigenvalue weighted by atomic mass is 10.2. The first-order valence-corrected chi connectivity index (χ1v) is 5.16. The maximum Gasteiger partial charge on any atom is 0.150 e. The van der Waals surface area contributed by atoms with Gasteiger partial charge in [0.15, 0.2) is 0 Å². The largest absolute Gasteiger partial charge is 0.497 e. The summed E-state index contributed by atoms with van der Waals surface area (Å²) in [6.07, 6.45) is 0. The van der Waals surface area contributed by atoms with Gasteiger partial charge in [-0.2, -0.15) is 0 Å². The molecule has 2 nitrogen and oxygen atoms in total. The van der Waals surface area contributed by atoms with Crippen LogP contribution < -0.4 is 10.1 Å². The van der Waals surface area contributed by atoms with Gasteiger partial charge < -0.3 is 10.1 Å². The van der Waals surface area contributed by atoms with Crippen molar-refractivity contribution >= 4 is 11.4 Å². The number of methoxy groups -OCH3 is 1. The van der Waals surface area contributed by atoms with Gasteiger partial charge in [-0.1, -0.05) is 6.07 Å². The summed E-state index contributed by atoms with van der Waals surface area (Å²) in [5.41, 5.74) is -0.415. The van der Waals surface area contributed by atoms with Gasteiger partial charge in [0.2, 0.25) is 0 Å². The Hall–Kier alpha value is -2.17. The normalized spacial score (nSPS) is 10.2. The van der Waals surface area contributed by atoms with E-state index in [4.69, 9.17) is 4.74 Å². The van der Waals surface area contributed by atoms with Gasteiger partial charge in [0.25, 0.3) is 0 Å². The van der Waals surface area contributed by atoms with Crippen LogP contribution in [-0.2, 0) is 0 Å². The Morgan fingerprint density at radius 1 is 0.944 bits per heavy atom. The van der Waals surface area contributed by atoms with E-state index in [0.717, 1.165) is 18.2 Å². The maximum absolute atomic E-state index is 13.6. The van der Waals surface area contributed by atoms with Crippen molar-refractivity contribution in [1.82, 2.24) is 0 Å². The lowest BCUT2D eigenvalue weighted by Gasteiger charge is -2.10. The summed E-state index contributed by atoms with van der Waals surface area (Å²) >= 11 is 0. The van der Waals surface area contributed by atoms with Gasteiger partial charge >= 0.3 is 0 Å². The van der Waals surface area contributed by atoms with E-state index in [9.17, 15) is 13.2 Å². The summed E-state index contributed by atoms with van der Waals surface area (Å²) in [4.78, 5) is 0. The highest BCUT2D eigenvalue weighted by atomic mass is 19.1. The maximum atomic E-state index is 13.6. The zero-order valence-electron chi connectivity index (χ0n) is 9.51. The number of hydrogen-bond donors (Lipinski definition) is 1. The van der Waals surface area contributed by atoms with Gasteiger partial charge in [0.05, 0.1) is 12.8 Å². The predicted octanol–water partition coefficient (Wildman–Crippen LogP) is 3.86. The van der Waals surface area contributed by atoms with E-state index in [1.807, 2.05) is 0 Å². The lowest BCUT2D eigenvalue weighted by molar-refractivity contribution is 0.411. The summed E-state index contributed by atoms with van der Waals surface area (Å²) in [5, 5.41) is 2.38. The van der Waals surface area contributed by atoms with Crippen LogP contribution in [0.5, 0.6) is 5.75 Å². The van der Waals surface area contributed by atoms with E-state index < -0.39 is 17.5 Å². The molecule has 18 heavy (non-hydrogen) atoms. The van der Waals surface area contributed by atoms with Gasteiger partial charge in [0, 0.05) is 6.07 Å². The van der Waals surface area contributed by atoms with E-state index in [0.29, 0.717) is 5.75 Å². The predicted molar refractivity (Wildman–Crippen MR) is 62.6 cm³/mol. The van der Waals surface area contributed by atoms with Crippen LogP contribution in [-0.4, -0.2) is 7.11 Å². The van der Waals surface area contributed by atoms with E-state index >= 15 is 0 Å². The second-order valence-corrected chi connectivity index (χ2v) is 3.57. The second-order valence-electron chi connectivity index (χ2n) is 3.57. The molecule has 2 aromatic carbocycles. The van der Waals surface area contributed by atoms with Crippen molar-refractivity contribution in [2.24, 2.45) is 0 Å². The molecule has 0 aliphatic rings. The lowest BCUT2D eigenvalue weighted by Crippen LogP contribution is -1.99. The molecule has 0 saturated heterocycles. The Balaban J connectivity index is 2.34. The van der Waals surface area contributed by atoms with Gasteiger partial charge in [-0.15, -0.1) is 0 Å². The van der Waals surface area contributed by atoms with Crippen molar-refractivity contribution in [3.8, 4) is 5.75 Å². The monoisotopic (exact) mass is 253 g/mol. The molecule has 0 heterocycles. The van der Waals surface area contributed by atoms with Gasteiger partial charge in [-0.25, -0.2) is 13.2 Å². The minimum Gasteiger partial charge on any atom is -0.497 e. The fraction of sp³-hybridized carbons (Fsp3) is 0.0769. The first-order chi connectivity index (χ1) is 8.61. The topological polar surface area (TPSA) is 21.3 Å². The number of rotatable bonds is 3. The Bertz CT molecular complexity index is 552. The Kier molecular flexibility index (Phi) is 3.41. The van der Waals surface area contributed by atoms with Crippen LogP contribution >= 0.6 is 0 Å². The molecule has 0 bridgehead atoms. The Morgan fingerprint density at radius 3 is 2.17 bits per heavy atom. The molecule has 0 amide bonds. The van der Waals surface area contributed by atoms with E-state index in [2.05, 4.69) is 5.32 Å². The number of halogens is 3. The Labute approximate surface area is 102 Å². The SMILES string of the molecule is COc1ccc(Nc2c(F)cccc2F)c(F)c1. The molecule has 2 aromatic rings. The van der Waals surface area contributed by atoms with E-state index in [1.165, 1.54) is 25.3 Å². The molecule has 0 saturated carbocycles. The minimum atomic E-state index is -0.787. The van der Waals surface area contributed by atoms with Crippen LogP contribution in [0.2, 0.25) is 0 Å². The number of benzene rings is 2. The Morgan fingerprint density at radius 2 is 1.61 bits per heavy atom. The van der Waals surface area contributed by atoms with Crippen molar-refractivity contribution in [2.45, 2.75) is 0 Å². The third-order valence-electron chi connectivity index (χ3n) is 2.40. The summed E-state index contributed by atoms with van der Waals surface area (Å²) in [6, 6.07) is 7.38. The van der Waals surface area contributed by atoms with Crippen LogP contribution in [0.1, 0.15) is 0 Å². The van der Waals surface area contributed by atoms with Gasteiger partial charge in [0.1, 0.15) is 28.9 Å². The zero-order valence-corrected chi connectivity index (χ0v) is 9.51. The summed E-state index contributed by atoms with van der Waals surface area (Å²) < 4.78 is 45.2. The van der Waals surface area contributed by atoms with Crippen molar-refractivity contribution < 1.29 is 17.9 Å². The molecular formula is C13H10F3NO. The second kappa shape index (κ2) is 5.00. The number of para-hydroxylation sites is 1. The fourth-order valence-electron chi connectivity index (χ4n) is 1.48. The minimum absolute atomic E-state index is 0.0280. The molecule has 0 aromatic heterocycles. The molecule has 0 spiro atoms. The first kappa shape index (κ1) is 12.3. The third-order valence-corrected chi connectivity index (χ3v) is 2.40. The number of anilines is 2. The molecule has 94 valence electrons. The first-order valence-electron chi connectivity index (χ1n) is 5.16. The number of hydrogen-bond acceptors (Lipinski definition) is 2. The van der Waals surface area contributed by atoms with Crippen LogP contribution in [0.25, 0.3) is 0 Å². The van der Waals surface area contributed by atoms with Crippen LogP contribution in [0.3, 0.4) is 0 Å². The van der Waals surface area contributed by atoms with Crippen LogP contribution in [0, 0.1) is 17.5 Å². The number of nitrogens with one attached hydrogen (secondary N) is 1. The molecule has 0 aliphatic carbocycles.